The standard InChI is InChI=1S/C9H14N2O/c1-5-6(2)9(4)8(5,3)11-7(10)12-9/h1-4H3,(H2,10,11)/t8-,9+/m0/s1. The minimum Gasteiger partial charge on any atom is -0.452 e. The van der Waals surface area contributed by atoms with Crippen LogP contribution >= 0.6 is 0 Å². The molecule has 0 fully saturated rings. The first kappa shape index (κ1) is 7.65. The summed E-state index contributed by atoms with van der Waals surface area (Å²) < 4.78 is 5.50. The summed E-state index contributed by atoms with van der Waals surface area (Å²) in [5.41, 5.74) is 7.61. The van der Waals surface area contributed by atoms with Gasteiger partial charge >= 0.3 is 0 Å². The highest BCUT2D eigenvalue weighted by molar-refractivity contribution is 5.79. The molecule has 0 unspecified atom stereocenters. The van der Waals surface area contributed by atoms with Gasteiger partial charge in [-0.1, -0.05) is 0 Å². The van der Waals surface area contributed by atoms with Crippen LogP contribution in [0.15, 0.2) is 16.1 Å². The van der Waals surface area contributed by atoms with Gasteiger partial charge in [0.15, 0.2) is 5.60 Å². The number of aliphatic imine (C=N–C) groups is 1. The third-order valence-corrected chi connectivity index (χ3v) is 3.58. The van der Waals surface area contributed by atoms with E-state index < -0.39 is 0 Å². The normalized spacial score (nSPS) is 44.8. The SMILES string of the molecule is CC1=C(C)[C@@]2(C)OC(N)=N[C@@]12C. The Kier molecular flexibility index (Phi) is 1.07. The van der Waals surface area contributed by atoms with Crippen LogP contribution in [0.2, 0.25) is 0 Å². The summed E-state index contributed by atoms with van der Waals surface area (Å²) in [5, 5.41) is 0. The minimum atomic E-state index is -0.277. The highest BCUT2D eigenvalue weighted by Gasteiger charge is 2.62. The van der Waals surface area contributed by atoms with E-state index in [2.05, 4.69) is 25.8 Å². The number of ether oxygens (including phenoxy) is 1. The average Bonchev–Trinajstić information content (AvgIpc) is 2.20. The van der Waals surface area contributed by atoms with Crippen LogP contribution in [-0.4, -0.2) is 17.2 Å². The first-order valence-corrected chi connectivity index (χ1v) is 4.14. The van der Waals surface area contributed by atoms with E-state index in [9.17, 15) is 0 Å². The summed E-state index contributed by atoms with van der Waals surface area (Å²) in [6.45, 7) is 8.27. The van der Waals surface area contributed by atoms with E-state index in [1.165, 1.54) is 11.1 Å². The molecule has 0 aromatic heterocycles. The highest BCUT2D eigenvalue weighted by Crippen LogP contribution is 2.54. The molecule has 0 saturated carbocycles. The van der Waals surface area contributed by atoms with E-state index in [4.69, 9.17) is 10.5 Å². The Balaban J connectivity index is 2.53. The van der Waals surface area contributed by atoms with Crippen molar-refractivity contribution >= 4 is 6.02 Å². The molecule has 1 aliphatic carbocycles. The second-order valence-electron chi connectivity index (χ2n) is 3.91. The monoisotopic (exact) mass is 166 g/mol. The van der Waals surface area contributed by atoms with Gasteiger partial charge in [-0.2, -0.15) is 0 Å². The Morgan fingerprint density at radius 2 is 1.83 bits per heavy atom. The van der Waals surface area contributed by atoms with Crippen molar-refractivity contribution in [2.45, 2.75) is 38.8 Å². The number of rotatable bonds is 0. The van der Waals surface area contributed by atoms with Crippen molar-refractivity contribution in [2.75, 3.05) is 0 Å². The number of hydrogen-bond donors (Lipinski definition) is 1. The molecular weight excluding hydrogens is 152 g/mol. The average molecular weight is 166 g/mol. The lowest BCUT2D eigenvalue weighted by molar-refractivity contribution is 0.0552. The van der Waals surface area contributed by atoms with Crippen LogP contribution in [0.5, 0.6) is 0 Å². The molecule has 0 spiro atoms. The topological polar surface area (TPSA) is 47.6 Å². The zero-order chi connectivity index (χ0) is 9.15. The van der Waals surface area contributed by atoms with E-state index in [-0.39, 0.29) is 11.1 Å². The fraction of sp³-hybridized carbons (Fsp3) is 0.667. The van der Waals surface area contributed by atoms with Crippen molar-refractivity contribution in [1.29, 1.82) is 0 Å². The van der Waals surface area contributed by atoms with Crippen LogP contribution in [0.4, 0.5) is 0 Å². The Bertz CT molecular complexity index is 318. The van der Waals surface area contributed by atoms with Crippen molar-refractivity contribution in [3.8, 4) is 0 Å². The second kappa shape index (κ2) is 1.68. The summed E-state index contributed by atoms with van der Waals surface area (Å²) in [7, 11) is 0. The molecule has 2 atom stereocenters. The number of amidine groups is 1. The lowest BCUT2D eigenvalue weighted by Crippen LogP contribution is -2.57. The number of nitrogens with zero attached hydrogens (tertiary/aromatic N) is 1. The zero-order valence-electron chi connectivity index (χ0n) is 7.93. The lowest BCUT2D eigenvalue weighted by Gasteiger charge is -2.49. The van der Waals surface area contributed by atoms with Crippen LogP contribution < -0.4 is 5.73 Å². The molecule has 0 bridgehead atoms. The minimum absolute atomic E-state index is 0.207. The molecule has 2 aliphatic rings. The molecule has 1 aliphatic heterocycles. The molecule has 0 radical (unpaired) electrons. The van der Waals surface area contributed by atoms with E-state index in [0.29, 0.717) is 6.02 Å². The molecule has 3 nitrogen and oxygen atoms in total. The summed E-state index contributed by atoms with van der Waals surface area (Å²) in [5.74, 6) is 0. The van der Waals surface area contributed by atoms with E-state index in [1.54, 1.807) is 0 Å². The number of hydrogen-bond acceptors (Lipinski definition) is 3. The third kappa shape index (κ3) is 0.500. The Hall–Kier alpha value is -0.990. The van der Waals surface area contributed by atoms with Gasteiger partial charge in [-0.05, 0) is 38.8 Å². The van der Waals surface area contributed by atoms with Crippen molar-refractivity contribution in [3.05, 3.63) is 11.1 Å². The predicted molar refractivity (Wildman–Crippen MR) is 47.9 cm³/mol. The predicted octanol–water partition coefficient (Wildman–Crippen LogP) is 1.20. The maximum absolute atomic E-state index is 5.55. The Labute approximate surface area is 72.3 Å². The molecule has 0 saturated heterocycles. The molecule has 12 heavy (non-hydrogen) atoms. The van der Waals surface area contributed by atoms with Crippen molar-refractivity contribution in [3.63, 3.8) is 0 Å². The smallest absolute Gasteiger partial charge is 0.283 e. The van der Waals surface area contributed by atoms with Crippen molar-refractivity contribution < 1.29 is 4.74 Å². The molecule has 0 aromatic carbocycles. The van der Waals surface area contributed by atoms with Crippen LogP contribution in [0.1, 0.15) is 27.7 Å². The van der Waals surface area contributed by atoms with Crippen LogP contribution in [0.25, 0.3) is 0 Å². The lowest BCUT2D eigenvalue weighted by atomic mass is 9.62. The summed E-state index contributed by atoms with van der Waals surface area (Å²) >= 11 is 0. The first-order valence-electron chi connectivity index (χ1n) is 4.14. The quantitative estimate of drug-likeness (QED) is 0.550. The maximum Gasteiger partial charge on any atom is 0.283 e. The van der Waals surface area contributed by atoms with Gasteiger partial charge in [-0.15, -0.1) is 0 Å². The molecule has 1 heterocycles. The third-order valence-electron chi connectivity index (χ3n) is 3.58. The van der Waals surface area contributed by atoms with Crippen molar-refractivity contribution in [1.82, 2.24) is 0 Å². The van der Waals surface area contributed by atoms with Crippen molar-refractivity contribution in [2.24, 2.45) is 10.7 Å². The van der Waals surface area contributed by atoms with Gasteiger partial charge in [0.1, 0.15) is 5.54 Å². The zero-order valence-corrected chi connectivity index (χ0v) is 7.93. The van der Waals surface area contributed by atoms with Crippen LogP contribution in [0, 0.1) is 0 Å². The van der Waals surface area contributed by atoms with Gasteiger partial charge in [-0.3, -0.25) is 0 Å². The Morgan fingerprint density at radius 3 is 2.33 bits per heavy atom. The molecular formula is C9H14N2O. The summed E-state index contributed by atoms with van der Waals surface area (Å²) in [6.07, 6.45) is 0. The van der Waals surface area contributed by atoms with Gasteiger partial charge in [0.2, 0.25) is 0 Å². The second-order valence-corrected chi connectivity index (χ2v) is 3.91. The van der Waals surface area contributed by atoms with E-state index >= 15 is 0 Å². The van der Waals surface area contributed by atoms with Gasteiger partial charge in [0, 0.05) is 0 Å². The molecule has 66 valence electrons. The van der Waals surface area contributed by atoms with Gasteiger partial charge in [-0.25, -0.2) is 4.99 Å². The van der Waals surface area contributed by atoms with E-state index in [0.717, 1.165) is 0 Å². The fourth-order valence-corrected chi connectivity index (χ4v) is 2.20. The van der Waals surface area contributed by atoms with Gasteiger partial charge in [0.25, 0.3) is 6.02 Å². The van der Waals surface area contributed by atoms with Crippen LogP contribution in [0.3, 0.4) is 0 Å². The first-order chi connectivity index (χ1) is 5.42. The molecule has 0 aromatic rings. The maximum atomic E-state index is 5.55. The molecule has 2 N–H and O–H groups in total. The number of nitrogens with two attached hydrogens (primary N) is 1. The highest BCUT2D eigenvalue weighted by atomic mass is 16.5. The fourth-order valence-electron chi connectivity index (χ4n) is 2.20. The summed E-state index contributed by atoms with van der Waals surface area (Å²) in [6, 6.07) is 0.316. The van der Waals surface area contributed by atoms with Gasteiger partial charge < -0.3 is 10.5 Å². The Morgan fingerprint density at radius 1 is 1.25 bits per heavy atom. The van der Waals surface area contributed by atoms with Gasteiger partial charge in [0.05, 0.1) is 0 Å². The molecule has 0 amide bonds. The summed E-state index contributed by atoms with van der Waals surface area (Å²) in [4.78, 5) is 4.31. The van der Waals surface area contributed by atoms with Crippen LogP contribution in [-0.2, 0) is 4.74 Å². The van der Waals surface area contributed by atoms with E-state index in [1.807, 2.05) is 6.92 Å². The molecule has 2 rings (SSSR count). The molecule has 3 heteroatoms. The largest absolute Gasteiger partial charge is 0.452 e. The number of fused-ring (bicyclic) bond motifs is 1.